The zero-order valence-electron chi connectivity index (χ0n) is 14.3. The number of hydrogen-bond donors (Lipinski definition) is 1. The first-order chi connectivity index (χ1) is 12.2. The first kappa shape index (κ1) is 16.1. The molecule has 2 aliphatic rings. The lowest BCUT2D eigenvalue weighted by atomic mass is 9.90. The van der Waals surface area contributed by atoms with Crippen LogP contribution in [0.25, 0.3) is 0 Å². The van der Waals surface area contributed by atoms with Gasteiger partial charge in [0.2, 0.25) is 5.91 Å². The number of hydrogen-bond acceptors (Lipinski definition) is 3. The summed E-state index contributed by atoms with van der Waals surface area (Å²) >= 11 is 0. The number of H-pyrrole nitrogens is 1. The summed E-state index contributed by atoms with van der Waals surface area (Å²) in [5, 5.41) is 0. The highest BCUT2D eigenvalue weighted by atomic mass is 16.2. The number of fused-ring (bicyclic) bond motifs is 1. The third kappa shape index (κ3) is 3.36. The smallest absolute Gasteiger partial charge is 0.334 e. The second kappa shape index (κ2) is 6.82. The maximum atomic E-state index is 12.9. The fourth-order valence-electron chi connectivity index (χ4n) is 4.14. The number of nitrogens with one attached hydrogen (secondary N) is 1. The molecule has 0 bridgehead atoms. The van der Waals surface area contributed by atoms with E-state index < -0.39 is 0 Å². The van der Waals surface area contributed by atoms with Gasteiger partial charge in [-0.3, -0.25) is 4.79 Å². The van der Waals surface area contributed by atoms with Crippen LogP contribution in [0.4, 0.5) is 0 Å². The van der Waals surface area contributed by atoms with E-state index in [1.807, 2.05) is 4.90 Å². The van der Waals surface area contributed by atoms with Crippen LogP contribution < -0.4 is 5.69 Å². The lowest BCUT2D eigenvalue weighted by Gasteiger charge is -2.25. The molecule has 1 amide bonds. The molecule has 0 radical (unpaired) electrons. The number of nitrogens with zero attached hydrogens (tertiary/aromatic N) is 2. The number of benzene rings is 1. The molecule has 1 aromatic carbocycles. The number of aromatic nitrogens is 2. The van der Waals surface area contributed by atoms with Crippen molar-refractivity contribution in [3.63, 3.8) is 0 Å². The molecule has 4 rings (SSSR count). The number of amides is 1. The van der Waals surface area contributed by atoms with E-state index in [0.29, 0.717) is 6.42 Å². The lowest BCUT2D eigenvalue weighted by molar-refractivity contribution is -0.131. The zero-order chi connectivity index (χ0) is 17.2. The minimum Gasteiger partial charge on any atom is -0.334 e. The number of aryl methyl sites for hydroxylation is 2. The van der Waals surface area contributed by atoms with E-state index in [1.165, 1.54) is 30.2 Å². The van der Waals surface area contributed by atoms with Crippen LogP contribution >= 0.6 is 0 Å². The number of likely N-dealkylation sites (tertiary alicyclic amines) is 1. The molecule has 0 spiro atoms. The van der Waals surface area contributed by atoms with Crippen molar-refractivity contribution in [2.24, 2.45) is 0 Å². The van der Waals surface area contributed by atoms with Gasteiger partial charge < -0.3 is 9.88 Å². The SMILES string of the molecule is O=C(Cc1ccc2c(c1)CCCC2)N1CCC[C@H]1c1ccnc(=O)[nH]1. The van der Waals surface area contributed by atoms with Crippen LogP contribution in [-0.4, -0.2) is 27.3 Å². The summed E-state index contributed by atoms with van der Waals surface area (Å²) in [7, 11) is 0. The minimum atomic E-state index is -0.355. The summed E-state index contributed by atoms with van der Waals surface area (Å²) < 4.78 is 0. The van der Waals surface area contributed by atoms with Gasteiger partial charge in [0.1, 0.15) is 0 Å². The molecule has 5 nitrogen and oxygen atoms in total. The van der Waals surface area contributed by atoms with Crippen LogP contribution in [0.5, 0.6) is 0 Å². The van der Waals surface area contributed by atoms with E-state index in [9.17, 15) is 9.59 Å². The molecule has 130 valence electrons. The summed E-state index contributed by atoms with van der Waals surface area (Å²) in [6, 6.07) is 8.27. The first-order valence-electron chi connectivity index (χ1n) is 9.16. The summed E-state index contributed by atoms with van der Waals surface area (Å²) in [6.07, 6.45) is 8.59. The van der Waals surface area contributed by atoms with Crippen molar-refractivity contribution in [3.05, 3.63) is 63.3 Å². The van der Waals surface area contributed by atoms with Crippen LogP contribution in [0.3, 0.4) is 0 Å². The molecule has 5 heteroatoms. The predicted molar refractivity (Wildman–Crippen MR) is 95.3 cm³/mol. The maximum Gasteiger partial charge on any atom is 0.345 e. The van der Waals surface area contributed by atoms with Crippen LogP contribution in [0.15, 0.2) is 35.3 Å². The average Bonchev–Trinajstić information content (AvgIpc) is 3.11. The molecular formula is C20H23N3O2. The second-order valence-electron chi connectivity index (χ2n) is 7.06. The molecule has 25 heavy (non-hydrogen) atoms. The quantitative estimate of drug-likeness (QED) is 0.936. The van der Waals surface area contributed by atoms with Gasteiger partial charge in [-0.05, 0) is 61.3 Å². The highest BCUT2D eigenvalue weighted by Crippen LogP contribution is 2.31. The predicted octanol–water partition coefficient (Wildman–Crippen LogP) is 2.55. The molecule has 2 heterocycles. The minimum absolute atomic E-state index is 0.0409. The summed E-state index contributed by atoms with van der Waals surface area (Å²) in [6.45, 7) is 0.749. The normalized spacial score (nSPS) is 19.7. The Balaban J connectivity index is 1.51. The van der Waals surface area contributed by atoms with Gasteiger partial charge in [0.25, 0.3) is 0 Å². The van der Waals surface area contributed by atoms with Gasteiger partial charge in [-0.15, -0.1) is 0 Å². The molecular weight excluding hydrogens is 314 g/mol. The largest absolute Gasteiger partial charge is 0.345 e. The van der Waals surface area contributed by atoms with Gasteiger partial charge >= 0.3 is 5.69 Å². The molecule has 2 aromatic rings. The third-order valence-corrected chi connectivity index (χ3v) is 5.40. The van der Waals surface area contributed by atoms with Crippen molar-refractivity contribution in [1.82, 2.24) is 14.9 Å². The molecule has 1 aliphatic heterocycles. The standard InChI is InChI=1S/C20H23N3O2/c24-19(13-14-7-8-15-4-1-2-5-16(15)12-14)23-11-3-6-18(23)17-9-10-21-20(25)22-17/h7-10,12,18H,1-6,11,13H2,(H,21,22,25)/t18-/m0/s1. The van der Waals surface area contributed by atoms with Gasteiger partial charge in [0, 0.05) is 18.4 Å². The van der Waals surface area contributed by atoms with Crippen molar-refractivity contribution in [3.8, 4) is 0 Å². The van der Waals surface area contributed by atoms with E-state index in [0.717, 1.165) is 43.5 Å². The Morgan fingerprint density at radius 2 is 2.00 bits per heavy atom. The van der Waals surface area contributed by atoms with Gasteiger partial charge in [0.15, 0.2) is 0 Å². The Morgan fingerprint density at radius 3 is 2.84 bits per heavy atom. The Kier molecular flexibility index (Phi) is 4.38. The second-order valence-corrected chi connectivity index (χ2v) is 7.06. The molecule has 1 aromatic heterocycles. The number of aromatic amines is 1. The van der Waals surface area contributed by atoms with Crippen LogP contribution in [0.1, 0.15) is 54.1 Å². The monoisotopic (exact) mass is 337 g/mol. The fourth-order valence-corrected chi connectivity index (χ4v) is 4.14. The van der Waals surface area contributed by atoms with E-state index in [4.69, 9.17) is 0 Å². The Bertz CT molecular complexity index is 843. The Labute approximate surface area is 147 Å². The van der Waals surface area contributed by atoms with Gasteiger partial charge in [-0.25, -0.2) is 9.78 Å². The summed E-state index contributed by atoms with van der Waals surface area (Å²) in [5.41, 5.74) is 4.38. The molecule has 0 unspecified atom stereocenters. The van der Waals surface area contributed by atoms with Crippen molar-refractivity contribution >= 4 is 5.91 Å². The highest BCUT2D eigenvalue weighted by molar-refractivity contribution is 5.79. The molecule has 1 aliphatic carbocycles. The lowest BCUT2D eigenvalue weighted by Crippen LogP contribution is -2.33. The topological polar surface area (TPSA) is 66.1 Å². The van der Waals surface area contributed by atoms with Crippen LogP contribution in [0, 0.1) is 0 Å². The Hall–Kier alpha value is -2.43. The third-order valence-electron chi connectivity index (χ3n) is 5.40. The molecule has 1 atom stereocenters. The van der Waals surface area contributed by atoms with E-state index in [2.05, 4.69) is 28.2 Å². The molecule has 0 saturated carbocycles. The van der Waals surface area contributed by atoms with Crippen molar-refractivity contribution < 1.29 is 4.79 Å². The highest BCUT2D eigenvalue weighted by Gasteiger charge is 2.30. The van der Waals surface area contributed by atoms with Crippen LogP contribution in [0.2, 0.25) is 0 Å². The summed E-state index contributed by atoms with van der Waals surface area (Å²) in [4.78, 5) is 32.7. The van der Waals surface area contributed by atoms with Crippen molar-refractivity contribution in [2.75, 3.05) is 6.54 Å². The zero-order valence-corrected chi connectivity index (χ0v) is 14.3. The molecule has 1 saturated heterocycles. The van der Waals surface area contributed by atoms with Crippen LogP contribution in [-0.2, 0) is 24.1 Å². The van der Waals surface area contributed by atoms with Crippen molar-refractivity contribution in [1.29, 1.82) is 0 Å². The molecule has 1 N–H and O–H groups in total. The first-order valence-corrected chi connectivity index (χ1v) is 9.16. The number of carbonyl (C=O) groups is 1. The van der Waals surface area contributed by atoms with E-state index >= 15 is 0 Å². The van der Waals surface area contributed by atoms with Gasteiger partial charge in [0.05, 0.1) is 12.5 Å². The summed E-state index contributed by atoms with van der Waals surface area (Å²) in [5.74, 6) is 0.135. The van der Waals surface area contributed by atoms with E-state index in [-0.39, 0.29) is 17.6 Å². The fraction of sp³-hybridized carbons (Fsp3) is 0.450. The van der Waals surface area contributed by atoms with Gasteiger partial charge in [-0.2, -0.15) is 0 Å². The average molecular weight is 337 g/mol. The number of rotatable bonds is 3. The van der Waals surface area contributed by atoms with E-state index in [1.54, 1.807) is 6.07 Å². The number of carbonyl (C=O) groups excluding carboxylic acids is 1. The molecule has 1 fully saturated rings. The van der Waals surface area contributed by atoms with Crippen molar-refractivity contribution in [2.45, 2.75) is 51.0 Å². The maximum absolute atomic E-state index is 12.9. The van der Waals surface area contributed by atoms with Gasteiger partial charge in [-0.1, -0.05) is 18.2 Å². The Morgan fingerprint density at radius 1 is 1.16 bits per heavy atom.